The van der Waals surface area contributed by atoms with Crippen LogP contribution in [0.2, 0.25) is 0 Å². The van der Waals surface area contributed by atoms with Gasteiger partial charge in [-0.3, -0.25) is 4.79 Å². The number of halogens is 3. The number of rotatable bonds is 8. The van der Waals surface area contributed by atoms with Gasteiger partial charge < -0.3 is 16.0 Å². The molecule has 3 N–H and O–H groups in total. The highest BCUT2D eigenvalue weighted by molar-refractivity contribution is 7.91. The molecule has 0 saturated carbocycles. The summed E-state index contributed by atoms with van der Waals surface area (Å²) >= 11 is 0. The minimum absolute atomic E-state index is 0. The highest BCUT2D eigenvalue weighted by Crippen LogP contribution is 2.28. The minimum Gasteiger partial charge on any atom is -0.384 e. The first-order valence-electron chi connectivity index (χ1n) is 8.25. The van der Waals surface area contributed by atoms with Crippen LogP contribution in [0.25, 0.3) is 0 Å². The van der Waals surface area contributed by atoms with Gasteiger partial charge in [-0.2, -0.15) is 8.78 Å². The molecule has 10 heteroatoms. The Hall–Kier alpha value is -1.45. The number of sulfone groups is 1. The summed E-state index contributed by atoms with van der Waals surface area (Å²) in [6.07, 6.45) is 2.05. The lowest BCUT2D eigenvalue weighted by Gasteiger charge is -2.15. The van der Waals surface area contributed by atoms with E-state index in [0.717, 1.165) is 38.1 Å². The summed E-state index contributed by atoms with van der Waals surface area (Å²) in [7, 11) is -4.71. The van der Waals surface area contributed by atoms with Crippen LogP contribution in [-0.4, -0.2) is 39.7 Å². The molecule has 0 radical (unpaired) electrons. The van der Waals surface area contributed by atoms with E-state index in [4.69, 9.17) is 0 Å². The fourth-order valence-corrected chi connectivity index (χ4v) is 3.51. The number of hydrogen-bond donors (Lipinski definition) is 3. The van der Waals surface area contributed by atoms with Crippen molar-refractivity contribution in [2.75, 3.05) is 30.3 Å². The van der Waals surface area contributed by atoms with E-state index in [1.54, 1.807) is 0 Å². The zero-order valence-corrected chi connectivity index (χ0v) is 16.1. The van der Waals surface area contributed by atoms with Crippen molar-refractivity contribution in [3.8, 4) is 0 Å². The Kier molecular flexibility index (Phi) is 8.72. The van der Waals surface area contributed by atoms with Crippen LogP contribution in [0.5, 0.6) is 0 Å². The highest BCUT2D eigenvalue weighted by atomic mass is 35.5. The van der Waals surface area contributed by atoms with Gasteiger partial charge in [-0.1, -0.05) is 0 Å². The number of hydrogen-bond acceptors (Lipinski definition) is 5. The predicted octanol–water partition coefficient (Wildman–Crippen LogP) is 2.86. The number of alkyl halides is 2. The Balaban J connectivity index is 0.00000338. The average Bonchev–Trinajstić information content (AvgIpc) is 3.08. The first-order valence-corrected chi connectivity index (χ1v) is 9.79. The molecule has 1 amide bonds. The van der Waals surface area contributed by atoms with E-state index in [1.807, 2.05) is 6.92 Å². The van der Waals surface area contributed by atoms with Crippen LogP contribution in [0.3, 0.4) is 0 Å². The highest BCUT2D eigenvalue weighted by Gasteiger charge is 2.27. The molecule has 1 aliphatic heterocycles. The molecule has 6 nitrogen and oxygen atoms in total. The lowest BCUT2D eigenvalue weighted by atomic mass is 10.0. The lowest BCUT2D eigenvalue weighted by molar-refractivity contribution is -0.116. The van der Waals surface area contributed by atoms with E-state index in [-0.39, 0.29) is 24.0 Å². The summed E-state index contributed by atoms with van der Waals surface area (Å²) in [4.78, 5) is 11.6. The summed E-state index contributed by atoms with van der Waals surface area (Å²) in [5, 5.41) is 8.85. The van der Waals surface area contributed by atoms with Crippen molar-refractivity contribution in [2.45, 2.75) is 36.8 Å². The van der Waals surface area contributed by atoms with Crippen LogP contribution in [-0.2, 0) is 14.6 Å². The van der Waals surface area contributed by atoms with Crippen molar-refractivity contribution in [2.24, 2.45) is 5.92 Å². The first-order chi connectivity index (χ1) is 11.8. The third-order valence-corrected chi connectivity index (χ3v) is 5.52. The Morgan fingerprint density at radius 1 is 1.35 bits per heavy atom. The normalized spacial score (nSPS) is 17.0. The molecule has 1 saturated heterocycles. The molecule has 1 fully saturated rings. The monoisotopic (exact) mass is 411 g/mol. The molecule has 0 aliphatic carbocycles. The van der Waals surface area contributed by atoms with Crippen LogP contribution >= 0.6 is 12.4 Å². The van der Waals surface area contributed by atoms with Crippen molar-refractivity contribution < 1.29 is 22.0 Å². The van der Waals surface area contributed by atoms with E-state index >= 15 is 0 Å². The molecule has 26 heavy (non-hydrogen) atoms. The third kappa shape index (κ3) is 5.78. The number of benzene rings is 1. The molecule has 0 aromatic heterocycles. The van der Waals surface area contributed by atoms with E-state index in [9.17, 15) is 22.0 Å². The van der Waals surface area contributed by atoms with Gasteiger partial charge >= 0.3 is 5.76 Å². The maximum atomic E-state index is 12.7. The van der Waals surface area contributed by atoms with Gasteiger partial charge in [0.25, 0.3) is 0 Å². The smallest absolute Gasteiger partial charge is 0.341 e. The fourth-order valence-electron chi connectivity index (χ4n) is 2.76. The second-order valence-electron chi connectivity index (χ2n) is 5.99. The van der Waals surface area contributed by atoms with E-state index < -0.39 is 20.5 Å². The molecule has 1 aliphatic rings. The first kappa shape index (κ1) is 22.6. The van der Waals surface area contributed by atoms with Gasteiger partial charge in [0.15, 0.2) is 0 Å². The van der Waals surface area contributed by atoms with Crippen molar-refractivity contribution in [3.05, 3.63) is 18.2 Å². The van der Waals surface area contributed by atoms with Crippen LogP contribution < -0.4 is 16.0 Å². The summed E-state index contributed by atoms with van der Waals surface area (Å²) in [6.45, 7) is 4.21. The SMILES string of the molecule is CCNc1ccc(S(=O)(=O)C(F)F)cc1NC(=O)CCC1CCNC1.Cl. The van der Waals surface area contributed by atoms with Gasteiger partial charge in [-0.15, -0.1) is 12.4 Å². The molecule has 2 rings (SSSR count). The zero-order chi connectivity index (χ0) is 18.4. The molecule has 1 atom stereocenters. The molecular formula is C16H24ClF2N3O3S. The third-order valence-electron chi connectivity index (χ3n) is 4.14. The molecule has 1 heterocycles. The van der Waals surface area contributed by atoms with Crippen molar-refractivity contribution >= 4 is 39.5 Å². The standard InChI is InChI=1S/C16H23F2N3O3S.ClH/c1-2-20-13-5-4-12(25(23,24)16(17)18)9-14(13)21-15(22)6-3-11-7-8-19-10-11;/h4-5,9,11,16,19-20H,2-3,6-8,10H2,1H3,(H,21,22);1H. The second kappa shape index (κ2) is 10.0. The average molecular weight is 412 g/mol. The molecule has 1 aromatic carbocycles. The van der Waals surface area contributed by atoms with Crippen LogP contribution in [0.4, 0.5) is 20.2 Å². The van der Waals surface area contributed by atoms with Crippen molar-refractivity contribution in [1.29, 1.82) is 0 Å². The number of nitrogens with one attached hydrogen (secondary N) is 3. The number of carbonyl (C=O) groups excluding carboxylic acids is 1. The Morgan fingerprint density at radius 2 is 2.08 bits per heavy atom. The summed E-state index contributed by atoms with van der Waals surface area (Å²) in [5.41, 5.74) is 0.685. The molecular weight excluding hydrogens is 388 g/mol. The molecule has 1 aromatic rings. The van der Waals surface area contributed by atoms with Crippen LogP contribution in [0, 0.1) is 5.92 Å². The van der Waals surface area contributed by atoms with Gasteiger partial charge in [-0.25, -0.2) is 8.42 Å². The zero-order valence-electron chi connectivity index (χ0n) is 14.4. The predicted molar refractivity (Wildman–Crippen MR) is 99.9 cm³/mol. The van der Waals surface area contributed by atoms with Gasteiger partial charge in [0.1, 0.15) is 0 Å². The summed E-state index contributed by atoms with van der Waals surface area (Å²) in [5.74, 6) is -3.32. The van der Waals surface area contributed by atoms with Gasteiger partial charge in [0, 0.05) is 13.0 Å². The molecule has 148 valence electrons. The van der Waals surface area contributed by atoms with Crippen LogP contribution in [0.1, 0.15) is 26.2 Å². The quantitative estimate of drug-likeness (QED) is 0.612. The summed E-state index contributed by atoms with van der Waals surface area (Å²) < 4.78 is 48.8. The topological polar surface area (TPSA) is 87.3 Å². The minimum atomic E-state index is -4.71. The maximum absolute atomic E-state index is 12.7. The molecule has 0 bridgehead atoms. The van der Waals surface area contributed by atoms with Crippen molar-refractivity contribution in [3.63, 3.8) is 0 Å². The second-order valence-corrected chi connectivity index (χ2v) is 7.91. The Morgan fingerprint density at radius 3 is 2.65 bits per heavy atom. The Labute approximate surface area is 158 Å². The number of amides is 1. The summed E-state index contributed by atoms with van der Waals surface area (Å²) in [6, 6.07) is 3.57. The van der Waals surface area contributed by atoms with E-state index in [0.29, 0.717) is 24.6 Å². The van der Waals surface area contributed by atoms with Gasteiger partial charge in [0.2, 0.25) is 15.7 Å². The number of carbonyl (C=O) groups is 1. The molecule has 0 spiro atoms. The fraction of sp³-hybridized carbons (Fsp3) is 0.562. The van der Waals surface area contributed by atoms with E-state index in [1.165, 1.54) is 6.07 Å². The largest absolute Gasteiger partial charge is 0.384 e. The molecule has 1 unspecified atom stereocenters. The number of anilines is 2. The van der Waals surface area contributed by atoms with Gasteiger partial charge in [-0.05, 0) is 57.0 Å². The maximum Gasteiger partial charge on any atom is 0.341 e. The van der Waals surface area contributed by atoms with Crippen molar-refractivity contribution in [1.82, 2.24) is 5.32 Å². The lowest BCUT2D eigenvalue weighted by Crippen LogP contribution is -2.17. The van der Waals surface area contributed by atoms with E-state index in [2.05, 4.69) is 16.0 Å². The Bertz CT molecular complexity index is 711. The van der Waals surface area contributed by atoms with Gasteiger partial charge in [0.05, 0.1) is 16.3 Å². The van der Waals surface area contributed by atoms with Crippen LogP contribution in [0.15, 0.2) is 23.1 Å².